The molecule has 0 radical (unpaired) electrons. The monoisotopic (exact) mass is 342 g/mol. The fourth-order valence-electron chi connectivity index (χ4n) is 1.72. The van der Waals surface area contributed by atoms with E-state index in [1.54, 1.807) is 11.3 Å². The average Bonchev–Trinajstić information content (AvgIpc) is 2.77. The van der Waals surface area contributed by atoms with Crippen molar-refractivity contribution in [1.82, 2.24) is 0 Å². The maximum atomic E-state index is 6.56. The van der Waals surface area contributed by atoms with E-state index in [-0.39, 0.29) is 10.8 Å². The molecule has 0 nitrogen and oxygen atoms in total. The van der Waals surface area contributed by atoms with Gasteiger partial charge in [-0.25, -0.2) is 0 Å². The lowest BCUT2D eigenvalue weighted by atomic mass is 9.95. The summed E-state index contributed by atoms with van der Waals surface area (Å²) in [5.74, 6) is 0. The number of hydrogen-bond acceptors (Lipinski definition) is 1. The van der Waals surface area contributed by atoms with Gasteiger partial charge in [-0.2, -0.15) is 0 Å². The van der Waals surface area contributed by atoms with Crippen LogP contribution < -0.4 is 0 Å². The first-order valence-electron chi connectivity index (χ1n) is 5.87. The number of rotatable bonds is 2. The Labute approximate surface area is 126 Å². The summed E-state index contributed by atoms with van der Waals surface area (Å²) in [7, 11) is 0. The number of halogens is 2. The largest absolute Gasteiger partial charge is 0.143 e. The zero-order chi connectivity index (χ0) is 13.3. The van der Waals surface area contributed by atoms with Gasteiger partial charge in [0, 0.05) is 14.2 Å². The molecule has 1 aromatic carbocycles. The van der Waals surface area contributed by atoms with Gasteiger partial charge in [0.25, 0.3) is 0 Å². The summed E-state index contributed by atoms with van der Waals surface area (Å²) >= 11 is 11.8. The molecule has 0 spiro atoms. The first kappa shape index (κ1) is 14.1. The first-order chi connectivity index (χ1) is 8.38. The van der Waals surface area contributed by atoms with Crippen LogP contribution in [0.1, 0.15) is 41.5 Å². The number of thiophene rings is 1. The summed E-state index contributed by atoms with van der Waals surface area (Å²) in [6.07, 6.45) is 0. The summed E-state index contributed by atoms with van der Waals surface area (Å²) < 4.78 is 1.07. The second-order valence-electron chi connectivity index (χ2n) is 5.37. The Balaban J connectivity index is 2.29. The Bertz CT molecular complexity index is 539. The summed E-state index contributed by atoms with van der Waals surface area (Å²) in [6, 6.07) is 12.5. The van der Waals surface area contributed by atoms with E-state index >= 15 is 0 Å². The van der Waals surface area contributed by atoms with E-state index < -0.39 is 0 Å². The number of hydrogen-bond donors (Lipinski definition) is 0. The lowest BCUT2D eigenvalue weighted by Gasteiger charge is -2.15. The van der Waals surface area contributed by atoms with E-state index in [4.69, 9.17) is 11.6 Å². The fraction of sp³-hybridized carbons (Fsp3) is 0.333. The van der Waals surface area contributed by atoms with E-state index in [9.17, 15) is 0 Å². The average molecular weight is 344 g/mol. The lowest BCUT2D eigenvalue weighted by Crippen LogP contribution is -2.07. The van der Waals surface area contributed by atoms with Crippen LogP contribution in [0.25, 0.3) is 0 Å². The predicted molar refractivity (Wildman–Crippen MR) is 84.9 cm³/mol. The molecule has 1 heterocycles. The van der Waals surface area contributed by atoms with Gasteiger partial charge < -0.3 is 0 Å². The van der Waals surface area contributed by atoms with Crippen molar-refractivity contribution in [1.29, 1.82) is 0 Å². The van der Waals surface area contributed by atoms with Crippen molar-refractivity contribution in [2.24, 2.45) is 0 Å². The quantitative estimate of drug-likeness (QED) is 0.575. The van der Waals surface area contributed by atoms with E-state index in [1.165, 1.54) is 9.75 Å². The molecule has 0 amide bonds. The van der Waals surface area contributed by atoms with Crippen LogP contribution >= 0.6 is 38.9 Å². The minimum absolute atomic E-state index is 0.0661. The predicted octanol–water partition coefficient (Wildman–Crippen LogP) is 6.14. The molecule has 3 heteroatoms. The van der Waals surface area contributed by atoms with Crippen molar-refractivity contribution < 1.29 is 0 Å². The second-order valence-corrected chi connectivity index (χ2v) is 7.84. The Morgan fingerprint density at radius 3 is 2.44 bits per heavy atom. The van der Waals surface area contributed by atoms with Gasteiger partial charge in [0.05, 0.1) is 5.38 Å². The van der Waals surface area contributed by atoms with Gasteiger partial charge in [0.15, 0.2) is 0 Å². The van der Waals surface area contributed by atoms with Gasteiger partial charge in [-0.1, -0.05) is 48.8 Å². The highest BCUT2D eigenvalue weighted by Crippen LogP contribution is 2.38. The zero-order valence-electron chi connectivity index (χ0n) is 10.7. The highest BCUT2D eigenvalue weighted by Gasteiger charge is 2.19. The van der Waals surface area contributed by atoms with Crippen LogP contribution in [0.4, 0.5) is 0 Å². The first-order valence-corrected chi connectivity index (χ1v) is 7.92. The molecule has 0 N–H and O–H groups in total. The van der Waals surface area contributed by atoms with Crippen molar-refractivity contribution in [3.8, 4) is 0 Å². The molecule has 2 rings (SSSR count). The number of benzene rings is 1. The van der Waals surface area contributed by atoms with E-state index in [0.29, 0.717) is 0 Å². The Morgan fingerprint density at radius 1 is 1.17 bits per heavy atom. The Hall–Kier alpha value is -0.310. The standard InChI is InChI=1S/C15H16BrClS/c1-15(2,3)13-8-7-12(18-13)14(17)10-5-4-6-11(16)9-10/h4-9,14H,1-3H3. The van der Waals surface area contributed by atoms with Crippen LogP contribution in [0.5, 0.6) is 0 Å². The summed E-state index contributed by atoms with van der Waals surface area (Å²) in [6.45, 7) is 6.68. The fourth-order valence-corrected chi connectivity index (χ4v) is 3.55. The van der Waals surface area contributed by atoms with Gasteiger partial charge in [0.1, 0.15) is 0 Å². The topological polar surface area (TPSA) is 0 Å². The van der Waals surface area contributed by atoms with Crippen molar-refractivity contribution in [3.05, 3.63) is 56.2 Å². The molecule has 0 saturated heterocycles. The van der Waals surface area contributed by atoms with Crippen molar-refractivity contribution in [2.75, 3.05) is 0 Å². The number of alkyl halides is 1. The minimum Gasteiger partial charge on any atom is -0.143 e. The molecule has 0 aliphatic rings. The molecule has 0 aliphatic heterocycles. The molecule has 0 bridgehead atoms. The molecule has 0 fully saturated rings. The van der Waals surface area contributed by atoms with E-state index in [1.807, 2.05) is 12.1 Å². The van der Waals surface area contributed by atoms with E-state index in [0.717, 1.165) is 10.0 Å². The van der Waals surface area contributed by atoms with Crippen LogP contribution in [0.3, 0.4) is 0 Å². The Morgan fingerprint density at radius 2 is 1.89 bits per heavy atom. The zero-order valence-corrected chi connectivity index (χ0v) is 13.9. The smallest absolute Gasteiger partial charge is 0.0928 e. The van der Waals surface area contributed by atoms with Crippen LogP contribution in [-0.4, -0.2) is 0 Å². The highest BCUT2D eigenvalue weighted by atomic mass is 79.9. The third-order valence-electron chi connectivity index (χ3n) is 2.76. The molecule has 18 heavy (non-hydrogen) atoms. The molecular formula is C15H16BrClS. The third-order valence-corrected chi connectivity index (χ3v) is 5.44. The lowest BCUT2D eigenvalue weighted by molar-refractivity contribution is 0.604. The second kappa shape index (κ2) is 5.36. The van der Waals surface area contributed by atoms with Crippen LogP contribution in [0, 0.1) is 0 Å². The van der Waals surface area contributed by atoms with E-state index in [2.05, 4.69) is 61.0 Å². The van der Waals surface area contributed by atoms with Gasteiger partial charge in [-0.3, -0.25) is 0 Å². The van der Waals surface area contributed by atoms with Crippen LogP contribution in [0.15, 0.2) is 40.9 Å². The van der Waals surface area contributed by atoms with Gasteiger partial charge in [0.2, 0.25) is 0 Å². The summed E-state index contributed by atoms with van der Waals surface area (Å²) in [4.78, 5) is 2.58. The van der Waals surface area contributed by atoms with Crippen LogP contribution in [0.2, 0.25) is 0 Å². The maximum Gasteiger partial charge on any atom is 0.0928 e. The molecule has 1 unspecified atom stereocenters. The van der Waals surface area contributed by atoms with Gasteiger partial charge in [-0.05, 0) is 35.2 Å². The van der Waals surface area contributed by atoms with Crippen molar-refractivity contribution >= 4 is 38.9 Å². The molecule has 0 saturated carbocycles. The molecule has 0 aliphatic carbocycles. The van der Waals surface area contributed by atoms with Crippen molar-refractivity contribution in [3.63, 3.8) is 0 Å². The van der Waals surface area contributed by atoms with Crippen molar-refractivity contribution in [2.45, 2.75) is 31.6 Å². The highest BCUT2D eigenvalue weighted by molar-refractivity contribution is 9.10. The molecule has 1 atom stereocenters. The molecule has 96 valence electrons. The SMILES string of the molecule is CC(C)(C)c1ccc(C(Cl)c2cccc(Br)c2)s1. The van der Waals surface area contributed by atoms with Gasteiger partial charge in [-0.15, -0.1) is 22.9 Å². The minimum atomic E-state index is -0.0661. The maximum absolute atomic E-state index is 6.56. The summed E-state index contributed by atoms with van der Waals surface area (Å²) in [5.41, 5.74) is 1.32. The van der Waals surface area contributed by atoms with Gasteiger partial charge >= 0.3 is 0 Å². The normalized spacial score (nSPS) is 13.6. The third kappa shape index (κ3) is 3.17. The molecule has 1 aromatic heterocycles. The summed E-state index contributed by atoms with van der Waals surface area (Å²) in [5, 5.41) is -0.0661. The van der Waals surface area contributed by atoms with Crippen LogP contribution in [-0.2, 0) is 5.41 Å². The molecular weight excluding hydrogens is 328 g/mol. The molecule has 2 aromatic rings. The Kier molecular flexibility index (Phi) is 4.20.